The summed E-state index contributed by atoms with van der Waals surface area (Å²) in [6.45, 7) is 5.53. The van der Waals surface area contributed by atoms with Gasteiger partial charge in [-0.3, -0.25) is 4.90 Å². The first-order valence-corrected chi connectivity index (χ1v) is 6.99. The van der Waals surface area contributed by atoms with Gasteiger partial charge in [0.1, 0.15) is 11.0 Å². The van der Waals surface area contributed by atoms with Crippen molar-refractivity contribution < 1.29 is 0 Å². The number of nitrogen functional groups attached to an aromatic ring is 1. The van der Waals surface area contributed by atoms with Crippen molar-refractivity contribution >= 4 is 23.1 Å². The summed E-state index contributed by atoms with van der Waals surface area (Å²) in [5.74, 6) is 1.88. The first-order chi connectivity index (χ1) is 8.70. The summed E-state index contributed by atoms with van der Waals surface area (Å²) in [6.07, 6.45) is 2.85. The summed E-state index contributed by atoms with van der Waals surface area (Å²) in [5.41, 5.74) is 6.49. The third-order valence-electron chi connectivity index (χ3n) is 3.71. The van der Waals surface area contributed by atoms with Crippen molar-refractivity contribution in [1.82, 2.24) is 9.88 Å². The number of aromatic nitrogens is 1. The van der Waals surface area contributed by atoms with Gasteiger partial charge in [0.15, 0.2) is 0 Å². The highest BCUT2D eigenvalue weighted by Crippen LogP contribution is 2.30. The quantitative estimate of drug-likeness (QED) is 0.848. The highest BCUT2D eigenvalue weighted by Gasteiger charge is 2.26. The molecule has 0 amide bonds. The molecule has 2 aliphatic rings. The Morgan fingerprint density at radius 2 is 1.94 bits per heavy atom. The van der Waals surface area contributed by atoms with Crippen LogP contribution >= 0.6 is 11.6 Å². The lowest BCUT2D eigenvalue weighted by Crippen LogP contribution is -2.47. The Labute approximate surface area is 113 Å². The molecule has 1 aromatic rings. The van der Waals surface area contributed by atoms with Crippen LogP contribution in [0.1, 0.15) is 12.8 Å². The smallest absolute Gasteiger partial charge is 0.133 e. The fraction of sp³-hybridized carbons (Fsp3) is 0.615. The van der Waals surface area contributed by atoms with Crippen LogP contribution in [0.5, 0.6) is 0 Å². The molecule has 18 heavy (non-hydrogen) atoms. The lowest BCUT2D eigenvalue weighted by atomic mass is 10.2. The monoisotopic (exact) mass is 266 g/mol. The average molecular weight is 267 g/mol. The summed E-state index contributed by atoms with van der Waals surface area (Å²) in [5, 5.41) is 0.477. The first-order valence-electron chi connectivity index (χ1n) is 6.61. The summed E-state index contributed by atoms with van der Waals surface area (Å²) >= 11 is 5.95. The topological polar surface area (TPSA) is 45.4 Å². The SMILES string of the molecule is Nc1cc(Cl)nc(N2CCN(CC3CC3)CC2)c1. The molecule has 0 atom stereocenters. The van der Waals surface area contributed by atoms with Crippen LogP contribution in [0.15, 0.2) is 12.1 Å². The Balaban J connectivity index is 1.60. The number of hydrogen-bond donors (Lipinski definition) is 1. The van der Waals surface area contributed by atoms with Gasteiger partial charge in [-0.15, -0.1) is 0 Å². The molecular weight excluding hydrogens is 248 g/mol. The molecule has 2 N–H and O–H groups in total. The molecule has 1 saturated carbocycles. The zero-order chi connectivity index (χ0) is 12.5. The minimum Gasteiger partial charge on any atom is -0.399 e. The largest absolute Gasteiger partial charge is 0.399 e. The molecule has 0 aromatic carbocycles. The van der Waals surface area contributed by atoms with E-state index in [1.165, 1.54) is 19.4 Å². The van der Waals surface area contributed by atoms with E-state index in [0.29, 0.717) is 10.8 Å². The van der Waals surface area contributed by atoms with E-state index in [-0.39, 0.29) is 0 Å². The highest BCUT2D eigenvalue weighted by molar-refractivity contribution is 6.29. The standard InChI is InChI=1S/C13H19ClN4/c14-12-7-11(15)8-13(16-12)18-5-3-17(4-6-18)9-10-1-2-10/h7-8,10H,1-6,9H2,(H2,15,16). The van der Waals surface area contributed by atoms with E-state index in [2.05, 4.69) is 14.8 Å². The Bertz CT molecular complexity index is 405. The van der Waals surface area contributed by atoms with Crippen molar-refractivity contribution in [2.45, 2.75) is 12.8 Å². The van der Waals surface area contributed by atoms with Gasteiger partial charge >= 0.3 is 0 Å². The predicted molar refractivity (Wildman–Crippen MR) is 75.0 cm³/mol. The van der Waals surface area contributed by atoms with E-state index in [9.17, 15) is 0 Å². The number of pyridine rings is 1. The van der Waals surface area contributed by atoms with Crippen LogP contribution in [0, 0.1) is 5.92 Å². The molecular formula is C13H19ClN4. The fourth-order valence-electron chi connectivity index (χ4n) is 2.49. The van der Waals surface area contributed by atoms with Crippen LogP contribution < -0.4 is 10.6 Å². The second-order valence-electron chi connectivity index (χ2n) is 5.31. The highest BCUT2D eigenvalue weighted by atomic mass is 35.5. The fourth-order valence-corrected chi connectivity index (χ4v) is 2.70. The lowest BCUT2D eigenvalue weighted by molar-refractivity contribution is 0.247. The number of anilines is 2. The van der Waals surface area contributed by atoms with Crippen LogP contribution in [-0.4, -0.2) is 42.6 Å². The summed E-state index contributed by atoms with van der Waals surface area (Å²) in [4.78, 5) is 9.18. The number of rotatable bonds is 3. The molecule has 2 fully saturated rings. The summed E-state index contributed by atoms with van der Waals surface area (Å²) < 4.78 is 0. The lowest BCUT2D eigenvalue weighted by Gasteiger charge is -2.35. The van der Waals surface area contributed by atoms with Gasteiger partial charge in [-0.1, -0.05) is 11.6 Å². The number of nitrogens with two attached hydrogens (primary N) is 1. The second kappa shape index (κ2) is 4.94. The van der Waals surface area contributed by atoms with Crippen molar-refractivity contribution in [3.8, 4) is 0 Å². The molecule has 0 unspecified atom stereocenters. The molecule has 0 bridgehead atoms. The van der Waals surface area contributed by atoms with Crippen LogP contribution in [0.3, 0.4) is 0 Å². The molecule has 5 heteroatoms. The van der Waals surface area contributed by atoms with Crippen LogP contribution in [0.2, 0.25) is 5.15 Å². The minimum atomic E-state index is 0.477. The zero-order valence-electron chi connectivity index (χ0n) is 10.5. The Morgan fingerprint density at radius 3 is 2.56 bits per heavy atom. The van der Waals surface area contributed by atoms with Crippen molar-refractivity contribution in [2.24, 2.45) is 5.92 Å². The molecule has 1 aliphatic carbocycles. The van der Waals surface area contributed by atoms with Gasteiger partial charge in [0.25, 0.3) is 0 Å². The van der Waals surface area contributed by atoms with Crippen molar-refractivity contribution in [1.29, 1.82) is 0 Å². The van der Waals surface area contributed by atoms with Crippen LogP contribution in [-0.2, 0) is 0 Å². The number of halogens is 1. The molecule has 1 saturated heterocycles. The summed E-state index contributed by atoms with van der Waals surface area (Å²) in [7, 11) is 0. The third-order valence-corrected chi connectivity index (χ3v) is 3.91. The molecule has 4 nitrogen and oxygen atoms in total. The van der Waals surface area contributed by atoms with Crippen molar-refractivity contribution in [3.05, 3.63) is 17.3 Å². The molecule has 98 valence electrons. The minimum absolute atomic E-state index is 0.477. The van der Waals surface area contributed by atoms with Gasteiger partial charge in [-0.2, -0.15) is 0 Å². The number of hydrogen-bond acceptors (Lipinski definition) is 4. The first kappa shape index (κ1) is 12.1. The van der Waals surface area contributed by atoms with E-state index >= 15 is 0 Å². The number of nitrogens with zero attached hydrogens (tertiary/aromatic N) is 3. The van der Waals surface area contributed by atoms with Gasteiger partial charge in [0.2, 0.25) is 0 Å². The molecule has 1 aromatic heterocycles. The van der Waals surface area contributed by atoms with E-state index < -0.39 is 0 Å². The Hall–Kier alpha value is -1.00. The van der Waals surface area contributed by atoms with Gasteiger partial charge in [0.05, 0.1) is 0 Å². The maximum Gasteiger partial charge on any atom is 0.133 e. The van der Waals surface area contributed by atoms with Crippen LogP contribution in [0.25, 0.3) is 0 Å². The van der Waals surface area contributed by atoms with E-state index in [0.717, 1.165) is 37.9 Å². The molecule has 1 aliphatic heterocycles. The Kier molecular flexibility index (Phi) is 3.31. The predicted octanol–water partition coefficient (Wildman–Crippen LogP) is 1.85. The van der Waals surface area contributed by atoms with E-state index in [1.807, 2.05) is 6.07 Å². The normalized spacial score (nSPS) is 21.3. The van der Waals surface area contributed by atoms with Crippen molar-refractivity contribution in [3.63, 3.8) is 0 Å². The average Bonchev–Trinajstić information content (AvgIpc) is 3.12. The zero-order valence-corrected chi connectivity index (χ0v) is 11.2. The molecule has 0 spiro atoms. The number of piperazine rings is 1. The van der Waals surface area contributed by atoms with Crippen LogP contribution in [0.4, 0.5) is 11.5 Å². The molecule has 2 heterocycles. The maximum absolute atomic E-state index is 5.95. The second-order valence-corrected chi connectivity index (χ2v) is 5.70. The maximum atomic E-state index is 5.95. The Morgan fingerprint density at radius 1 is 1.22 bits per heavy atom. The van der Waals surface area contributed by atoms with Gasteiger partial charge < -0.3 is 10.6 Å². The molecule has 3 rings (SSSR count). The van der Waals surface area contributed by atoms with Gasteiger partial charge in [-0.05, 0) is 24.8 Å². The van der Waals surface area contributed by atoms with E-state index in [4.69, 9.17) is 17.3 Å². The van der Waals surface area contributed by atoms with E-state index in [1.54, 1.807) is 6.07 Å². The van der Waals surface area contributed by atoms with Gasteiger partial charge in [-0.25, -0.2) is 4.98 Å². The van der Waals surface area contributed by atoms with Crippen molar-refractivity contribution in [2.75, 3.05) is 43.4 Å². The van der Waals surface area contributed by atoms with Gasteiger partial charge in [0, 0.05) is 44.5 Å². The molecule has 0 radical (unpaired) electrons. The third kappa shape index (κ3) is 2.87. The summed E-state index contributed by atoms with van der Waals surface area (Å²) in [6, 6.07) is 3.59.